The highest BCUT2D eigenvalue weighted by molar-refractivity contribution is 5.75. The Hall–Kier alpha value is -1.30. The van der Waals surface area contributed by atoms with Crippen LogP contribution in [0.3, 0.4) is 0 Å². The Morgan fingerprint density at radius 2 is 1.78 bits per heavy atom. The van der Waals surface area contributed by atoms with Crippen LogP contribution in [-0.2, 0) is 14.4 Å². The van der Waals surface area contributed by atoms with Crippen LogP contribution in [0.5, 0.6) is 0 Å². The number of ether oxygens (including phenoxy) is 1. The molecule has 0 aromatic heterocycles. The minimum atomic E-state index is -0.499. The number of nitrogens with zero attached hydrogens (tertiary/aromatic N) is 1. The van der Waals surface area contributed by atoms with Crippen LogP contribution in [0.1, 0.15) is 33.6 Å². The first-order valence-corrected chi connectivity index (χ1v) is 6.14. The molecule has 18 heavy (non-hydrogen) atoms. The third-order valence-corrected chi connectivity index (χ3v) is 2.79. The third-order valence-electron chi connectivity index (χ3n) is 2.79. The van der Waals surface area contributed by atoms with E-state index >= 15 is 0 Å². The zero-order valence-corrected chi connectivity index (χ0v) is 11.5. The van der Waals surface area contributed by atoms with Gasteiger partial charge in [-0.15, -0.1) is 5.06 Å². The molecule has 0 aromatic carbocycles. The molecule has 1 heterocycles. The summed E-state index contributed by atoms with van der Waals surface area (Å²) in [6, 6.07) is 0.0852. The Kier molecular flexibility index (Phi) is 4.95. The number of carbonyl (C=O) groups excluding carboxylic acids is 2. The number of methoxy groups -OCH3 is 1. The summed E-state index contributed by atoms with van der Waals surface area (Å²) >= 11 is 0. The first-order chi connectivity index (χ1) is 8.32. The van der Waals surface area contributed by atoms with Crippen LogP contribution in [0.25, 0.3) is 0 Å². The van der Waals surface area contributed by atoms with Crippen molar-refractivity contribution in [1.29, 1.82) is 0 Å². The SMILES string of the molecule is COC(=O)NC1CCN(OC(=O)C(C)(C)C)CC1. The molecule has 1 amide bonds. The van der Waals surface area contributed by atoms with E-state index < -0.39 is 11.5 Å². The second-order valence-corrected chi connectivity index (χ2v) is 5.47. The molecule has 104 valence electrons. The monoisotopic (exact) mass is 258 g/mol. The van der Waals surface area contributed by atoms with Gasteiger partial charge in [0.25, 0.3) is 0 Å². The van der Waals surface area contributed by atoms with Crippen LogP contribution in [0.15, 0.2) is 0 Å². The zero-order chi connectivity index (χ0) is 13.8. The van der Waals surface area contributed by atoms with Crippen molar-refractivity contribution in [2.75, 3.05) is 20.2 Å². The zero-order valence-electron chi connectivity index (χ0n) is 11.5. The van der Waals surface area contributed by atoms with Crippen molar-refractivity contribution in [3.8, 4) is 0 Å². The van der Waals surface area contributed by atoms with Gasteiger partial charge in [0.05, 0.1) is 12.5 Å². The van der Waals surface area contributed by atoms with Crippen molar-refractivity contribution in [2.24, 2.45) is 5.41 Å². The molecule has 0 atom stereocenters. The number of carbonyl (C=O) groups is 2. The number of hydroxylamine groups is 2. The van der Waals surface area contributed by atoms with Gasteiger partial charge >= 0.3 is 12.1 Å². The van der Waals surface area contributed by atoms with Crippen LogP contribution in [0, 0.1) is 5.41 Å². The maximum absolute atomic E-state index is 11.7. The van der Waals surface area contributed by atoms with E-state index in [1.54, 1.807) is 5.06 Å². The lowest BCUT2D eigenvalue weighted by atomic mass is 9.98. The standard InChI is InChI=1S/C12H22N2O4/c1-12(2,3)10(15)18-14-7-5-9(6-8-14)13-11(16)17-4/h9H,5-8H2,1-4H3,(H,13,16). The number of piperidine rings is 1. The van der Waals surface area contributed by atoms with E-state index in [0.717, 1.165) is 12.8 Å². The molecular weight excluding hydrogens is 236 g/mol. The van der Waals surface area contributed by atoms with E-state index in [9.17, 15) is 9.59 Å². The summed E-state index contributed by atoms with van der Waals surface area (Å²) in [4.78, 5) is 28.0. The highest BCUT2D eigenvalue weighted by Crippen LogP contribution is 2.18. The quantitative estimate of drug-likeness (QED) is 0.809. The van der Waals surface area contributed by atoms with Crippen LogP contribution >= 0.6 is 0 Å². The van der Waals surface area contributed by atoms with Crippen LogP contribution in [0.4, 0.5) is 4.79 Å². The summed E-state index contributed by atoms with van der Waals surface area (Å²) in [5.41, 5.74) is -0.499. The average Bonchev–Trinajstić information content (AvgIpc) is 2.30. The molecule has 0 radical (unpaired) electrons. The second-order valence-electron chi connectivity index (χ2n) is 5.47. The number of amides is 1. The van der Waals surface area contributed by atoms with E-state index in [1.807, 2.05) is 20.8 Å². The second kappa shape index (κ2) is 6.04. The van der Waals surface area contributed by atoms with Crippen molar-refractivity contribution in [3.63, 3.8) is 0 Å². The van der Waals surface area contributed by atoms with Gasteiger partial charge in [-0.1, -0.05) is 0 Å². The maximum atomic E-state index is 11.7. The van der Waals surface area contributed by atoms with Crippen LogP contribution in [0.2, 0.25) is 0 Å². The highest BCUT2D eigenvalue weighted by Gasteiger charge is 2.28. The van der Waals surface area contributed by atoms with Crippen LogP contribution in [-0.4, -0.2) is 43.4 Å². The molecule has 1 saturated heterocycles. The first-order valence-electron chi connectivity index (χ1n) is 6.14. The summed E-state index contributed by atoms with van der Waals surface area (Å²) in [6.07, 6.45) is 1.07. The predicted molar refractivity (Wildman–Crippen MR) is 65.7 cm³/mol. The highest BCUT2D eigenvalue weighted by atomic mass is 16.7. The normalized spacial score (nSPS) is 18.2. The molecule has 0 unspecified atom stereocenters. The first kappa shape index (κ1) is 14.8. The summed E-state index contributed by atoms with van der Waals surface area (Å²) in [7, 11) is 1.34. The van der Waals surface area contributed by atoms with Crippen molar-refractivity contribution in [2.45, 2.75) is 39.7 Å². The molecule has 6 heteroatoms. The van der Waals surface area contributed by atoms with Gasteiger partial charge in [-0.25, -0.2) is 9.59 Å². The lowest BCUT2D eigenvalue weighted by molar-refractivity contribution is -0.204. The minimum absolute atomic E-state index is 0.0852. The van der Waals surface area contributed by atoms with Crippen LogP contribution < -0.4 is 5.32 Å². The van der Waals surface area contributed by atoms with E-state index in [-0.39, 0.29) is 12.0 Å². The molecule has 0 bridgehead atoms. The number of rotatable bonds is 2. The molecule has 1 aliphatic rings. The molecular formula is C12H22N2O4. The number of nitrogens with one attached hydrogen (secondary N) is 1. The van der Waals surface area contributed by atoms with Gasteiger partial charge in [-0.05, 0) is 33.6 Å². The Bertz CT molecular complexity index is 304. The van der Waals surface area contributed by atoms with Crippen molar-refractivity contribution in [1.82, 2.24) is 10.4 Å². The topological polar surface area (TPSA) is 67.9 Å². The smallest absolute Gasteiger partial charge is 0.407 e. The minimum Gasteiger partial charge on any atom is -0.453 e. The third kappa shape index (κ3) is 4.52. The maximum Gasteiger partial charge on any atom is 0.407 e. The lowest BCUT2D eigenvalue weighted by Crippen LogP contribution is -2.46. The molecule has 0 spiro atoms. The van der Waals surface area contributed by atoms with Crippen molar-refractivity contribution < 1.29 is 19.2 Å². The van der Waals surface area contributed by atoms with Crippen molar-refractivity contribution in [3.05, 3.63) is 0 Å². The lowest BCUT2D eigenvalue weighted by Gasteiger charge is -2.32. The predicted octanol–water partition coefficient (Wildman–Crippen LogP) is 1.31. The Morgan fingerprint density at radius 3 is 2.22 bits per heavy atom. The van der Waals surface area contributed by atoms with E-state index in [2.05, 4.69) is 10.1 Å². The molecule has 0 aliphatic carbocycles. The summed E-state index contributed by atoms with van der Waals surface area (Å²) in [6.45, 7) is 6.70. The summed E-state index contributed by atoms with van der Waals surface area (Å²) in [5.74, 6) is -0.234. The van der Waals surface area contributed by atoms with Gasteiger partial charge in [-0.2, -0.15) is 0 Å². The van der Waals surface area contributed by atoms with Gasteiger partial charge in [0, 0.05) is 19.1 Å². The van der Waals surface area contributed by atoms with E-state index in [4.69, 9.17) is 4.84 Å². The van der Waals surface area contributed by atoms with Gasteiger partial charge < -0.3 is 14.9 Å². The van der Waals surface area contributed by atoms with E-state index in [1.165, 1.54) is 7.11 Å². The molecule has 0 saturated carbocycles. The van der Waals surface area contributed by atoms with Gasteiger partial charge in [0.15, 0.2) is 0 Å². The molecule has 1 rings (SSSR count). The fourth-order valence-corrected chi connectivity index (χ4v) is 1.57. The fraction of sp³-hybridized carbons (Fsp3) is 0.833. The van der Waals surface area contributed by atoms with Gasteiger partial charge in [0.2, 0.25) is 0 Å². The number of hydrogen-bond donors (Lipinski definition) is 1. The Balaban J connectivity index is 2.32. The summed E-state index contributed by atoms with van der Waals surface area (Å²) < 4.78 is 4.54. The molecule has 1 aliphatic heterocycles. The van der Waals surface area contributed by atoms with Gasteiger partial charge in [-0.3, -0.25) is 0 Å². The number of alkyl carbamates (subject to hydrolysis) is 1. The summed E-state index contributed by atoms with van der Waals surface area (Å²) in [5, 5.41) is 4.40. The Morgan fingerprint density at radius 1 is 1.22 bits per heavy atom. The van der Waals surface area contributed by atoms with E-state index in [0.29, 0.717) is 13.1 Å². The molecule has 6 nitrogen and oxygen atoms in total. The van der Waals surface area contributed by atoms with Gasteiger partial charge in [0.1, 0.15) is 0 Å². The molecule has 0 aromatic rings. The Labute approximate surface area is 108 Å². The molecule has 1 fully saturated rings. The molecule has 1 N–H and O–H groups in total. The average molecular weight is 258 g/mol. The number of hydrogen-bond acceptors (Lipinski definition) is 5. The van der Waals surface area contributed by atoms with Crippen molar-refractivity contribution >= 4 is 12.1 Å². The fourth-order valence-electron chi connectivity index (χ4n) is 1.57. The largest absolute Gasteiger partial charge is 0.453 e.